The number of hydrogen-bond donors (Lipinski definition) is 2. The minimum absolute atomic E-state index is 0.0562. The Morgan fingerprint density at radius 3 is 2.56 bits per heavy atom. The number of halogens is 2. The maximum Gasteiger partial charge on any atom is 0.229 e. The number of fused-ring (bicyclic) bond motifs is 1. The molecule has 48 heavy (non-hydrogen) atoms. The zero-order valence-corrected chi connectivity index (χ0v) is 29.6. The Morgan fingerprint density at radius 2 is 1.83 bits per heavy atom. The van der Waals surface area contributed by atoms with Crippen molar-refractivity contribution in [1.82, 2.24) is 19.9 Å². The number of ether oxygens (including phenoxy) is 2. The Balaban J connectivity index is 1.21. The number of methoxy groups -OCH3 is 1. The summed E-state index contributed by atoms with van der Waals surface area (Å²) in [5.41, 5.74) is 0.742. The predicted molar refractivity (Wildman–Crippen MR) is 187 cm³/mol. The minimum atomic E-state index is -1.10. The highest BCUT2D eigenvalue weighted by Crippen LogP contribution is 2.48. The van der Waals surface area contributed by atoms with Gasteiger partial charge in [-0.15, -0.1) is 11.3 Å². The number of carbonyl (C=O) groups is 1. The summed E-state index contributed by atoms with van der Waals surface area (Å²) in [4.78, 5) is 29.0. The summed E-state index contributed by atoms with van der Waals surface area (Å²) < 4.78 is 39.4. The highest BCUT2D eigenvalue weighted by atomic mass is 32.1. The molecule has 0 spiro atoms. The van der Waals surface area contributed by atoms with Crippen molar-refractivity contribution in [3.8, 4) is 11.5 Å². The Kier molecular flexibility index (Phi) is 10.8. The first-order chi connectivity index (χ1) is 22.7. The highest BCUT2D eigenvalue weighted by Gasteiger charge is 2.44. The zero-order chi connectivity index (χ0) is 34.6. The monoisotopic (exact) mass is 679 g/mol. The Bertz CT molecular complexity index is 1720. The molecule has 2 aromatic carbocycles. The van der Waals surface area contributed by atoms with Crippen molar-refractivity contribution in [2.24, 2.45) is 10.8 Å². The summed E-state index contributed by atoms with van der Waals surface area (Å²) in [6.45, 7) is 16.6. The second-order valence-electron chi connectivity index (χ2n) is 14.1. The molecule has 1 radical (unpaired) electrons. The van der Waals surface area contributed by atoms with Gasteiger partial charge in [0.25, 0.3) is 0 Å². The molecule has 1 saturated heterocycles. The third kappa shape index (κ3) is 8.38. The largest absolute Gasteiger partial charge is 0.493 e. The van der Waals surface area contributed by atoms with E-state index in [1.165, 1.54) is 42.6 Å². The average Bonchev–Trinajstić information content (AvgIpc) is 3.65. The van der Waals surface area contributed by atoms with Gasteiger partial charge in [0.2, 0.25) is 5.91 Å². The van der Waals surface area contributed by atoms with Crippen LogP contribution in [0.2, 0.25) is 0 Å². The summed E-state index contributed by atoms with van der Waals surface area (Å²) in [6, 6.07) is 7.81. The van der Waals surface area contributed by atoms with Crippen LogP contribution in [0.25, 0.3) is 10.9 Å². The first kappa shape index (κ1) is 35.4. The van der Waals surface area contributed by atoms with Crippen molar-refractivity contribution in [3.63, 3.8) is 0 Å². The van der Waals surface area contributed by atoms with Crippen LogP contribution in [0, 0.1) is 28.4 Å². The number of amides is 1. The summed E-state index contributed by atoms with van der Waals surface area (Å²) in [5.74, 6) is 0.695. The molecule has 2 N–H and O–H groups in total. The van der Waals surface area contributed by atoms with Gasteiger partial charge in [-0.2, -0.15) is 0 Å². The SMILES string of the molecule is COc1cc2c(Nc3ncc(CC(=O)Nc4cccc(F)c4F)s3)ncnc2cc1OCCCN1CCC[C@H]1[C](C(C)(C)C)C(C)(C)C. The number of hydrogen-bond acceptors (Lipinski definition) is 9. The van der Waals surface area contributed by atoms with Gasteiger partial charge in [0.15, 0.2) is 28.3 Å². The molecular formula is C36H45F2N6O3S. The maximum absolute atomic E-state index is 14.0. The van der Waals surface area contributed by atoms with Crippen molar-refractivity contribution in [1.29, 1.82) is 0 Å². The van der Waals surface area contributed by atoms with Gasteiger partial charge >= 0.3 is 0 Å². The first-order valence-corrected chi connectivity index (χ1v) is 17.1. The van der Waals surface area contributed by atoms with E-state index < -0.39 is 17.5 Å². The van der Waals surface area contributed by atoms with Crippen molar-refractivity contribution in [3.05, 3.63) is 65.3 Å². The lowest BCUT2D eigenvalue weighted by atomic mass is 9.63. The van der Waals surface area contributed by atoms with Crippen molar-refractivity contribution < 1.29 is 23.0 Å². The Labute approximate surface area is 285 Å². The van der Waals surface area contributed by atoms with Gasteiger partial charge < -0.3 is 20.1 Å². The standard InChI is InChI=1S/C36H45F2N6O3S/c1-35(2,3)32(36(4,5)6)27-13-9-14-44(27)15-10-16-47-29-19-26-23(18-28(29)46-7)33(41-21-40-26)43-34-39-20-22(48-34)17-30(45)42-25-12-8-11-24(37)31(25)38/h8,11-12,18-21,27H,9-10,13-17H2,1-7H3,(H,42,45)(H,39,40,41,43)/t27-/m0/s1. The minimum Gasteiger partial charge on any atom is -0.493 e. The smallest absolute Gasteiger partial charge is 0.229 e. The van der Waals surface area contributed by atoms with Gasteiger partial charge in [0.05, 0.1) is 31.3 Å². The topological polar surface area (TPSA) is 102 Å². The molecule has 4 aromatic rings. The van der Waals surface area contributed by atoms with Crippen molar-refractivity contribution >= 4 is 44.8 Å². The maximum atomic E-state index is 14.0. The zero-order valence-electron chi connectivity index (χ0n) is 28.7. The summed E-state index contributed by atoms with van der Waals surface area (Å²) in [7, 11) is 1.60. The molecule has 5 rings (SSSR count). The van der Waals surface area contributed by atoms with Gasteiger partial charge in [-0.25, -0.2) is 23.7 Å². The van der Waals surface area contributed by atoms with E-state index in [4.69, 9.17) is 9.47 Å². The van der Waals surface area contributed by atoms with E-state index >= 15 is 0 Å². The number of aromatic nitrogens is 3. The van der Waals surface area contributed by atoms with Gasteiger partial charge in [0, 0.05) is 41.0 Å². The molecule has 0 aliphatic carbocycles. The van der Waals surface area contributed by atoms with E-state index in [0.717, 1.165) is 25.6 Å². The first-order valence-electron chi connectivity index (χ1n) is 16.3. The molecule has 9 nitrogen and oxygen atoms in total. The number of nitrogens with one attached hydrogen (secondary N) is 2. The van der Waals surface area contributed by atoms with Crippen molar-refractivity contribution in [2.75, 3.05) is 37.4 Å². The van der Waals surface area contributed by atoms with Crippen LogP contribution in [0.15, 0.2) is 42.9 Å². The van der Waals surface area contributed by atoms with Crippen LogP contribution in [0.4, 0.5) is 25.4 Å². The van der Waals surface area contributed by atoms with Gasteiger partial charge in [-0.05, 0) is 54.8 Å². The normalized spacial score (nSPS) is 15.7. The van der Waals surface area contributed by atoms with E-state index in [1.54, 1.807) is 19.2 Å². The molecule has 1 aliphatic heterocycles. The second-order valence-corrected chi connectivity index (χ2v) is 15.3. The highest BCUT2D eigenvalue weighted by molar-refractivity contribution is 7.15. The quantitative estimate of drug-likeness (QED) is 0.145. The van der Waals surface area contributed by atoms with Crippen LogP contribution in [-0.2, 0) is 11.2 Å². The number of rotatable bonds is 12. The molecule has 257 valence electrons. The van der Waals surface area contributed by atoms with Crippen LogP contribution < -0.4 is 20.1 Å². The van der Waals surface area contributed by atoms with Gasteiger partial charge in [0.1, 0.15) is 12.1 Å². The Hall–Kier alpha value is -3.90. The molecule has 12 heteroatoms. The molecule has 1 fully saturated rings. The molecular weight excluding hydrogens is 634 g/mol. The van der Waals surface area contributed by atoms with E-state index in [1.807, 2.05) is 12.1 Å². The molecule has 3 heterocycles. The molecule has 2 aromatic heterocycles. The van der Waals surface area contributed by atoms with Crippen LogP contribution in [0.5, 0.6) is 11.5 Å². The van der Waals surface area contributed by atoms with Gasteiger partial charge in [-0.1, -0.05) is 47.6 Å². The Morgan fingerprint density at radius 1 is 1.06 bits per heavy atom. The number of benzene rings is 2. The summed E-state index contributed by atoms with van der Waals surface area (Å²) in [5, 5.41) is 6.83. The fraction of sp³-hybridized carbons (Fsp3) is 0.472. The molecule has 1 aliphatic rings. The number of nitrogens with zero attached hydrogens (tertiary/aromatic N) is 4. The number of anilines is 3. The predicted octanol–water partition coefficient (Wildman–Crippen LogP) is 8.20. The number of carbonyl (C=O) groups excluding carboxylic acids is 1. The number of thiazole rings is 1. The van der Waals surface area contributed by atoms with E-state index in [9.17, 15) is 13.6 Å². The molecule has 0 bridgehead atoms. The third-order valence-electron chi connectivity index (χ3n) is 8.42. The van der Waals surface area contributed by atoms with E-state index in [-0.39, 0.29) is 22.9 Å². The van der Waals surface area contributed by atoms with Gasteiger partial charge in [-0.3, -0.25) is 9.69 Å². The lowest BCUT2D eigenvalue weighted by Crippen LogP contribution is -2.46. The fourth-order valence-corrected chi connectivity index (χ4v) is 7.74. The third-order valence-corrected chi connectivity index (χ3v) is 9.33. The molecule has 0 unspecified atom stereocenters. The van der Waals surface area contributed by atoms with Crippen LogP contribution in [0.1, 0.15) is 65.7 Å². The second kappa shape index (κ2) is 14.7. The number of likely N-dealkylation sites (tertiary alicyclic amines) is 1. The fourth-order valence-electron chi connectivity index (χ4n) is 6.93. The lowest BCUT2D eigenvalue weighted by Gasteiger charge is -2.46. The molecule has 1 amide bonds. The average molecular weight is 680 g/mol. The van der Waals surface area contributed by atoms with Crippen molar-refractivity contribution in [2.45, 2.75) is 73.3 Å². The van der Waals surface area contributed by atoms with Crippen LogP contribution >= 0.6 is 11.3 Å². The lowest BCUT2D eigenvalue weighted by molar-refractivity contribution is -0.115. The van der Waals surface area contributed by atoms with Crippen LogP contribution in [0.3, 0.4) is 0 Å². The van der Waals surface area contributed by atoms with E-state index in [2.05, 4.69) is 72.0 Å². The molecule has 0 saturated carbocycles. The summed E-state index contributed by atoms with van der Waals surface area (Å²) >= 11 is 1.25. The van der Waals surface area contributed by atoms with Crippen LogP contribution in [-0.4, -0.2) is 58.6 Å². The van der Waals surface area contributed by atoms with E-state index in [0.29, 0.717) is 50.9 Å². The molecule has 1 atom stereocenters. The summed E-state index contributed by atoms with van der Waals surface area (Å²) in [6.07, 6.45) is 6.26.